The number of pyridine rings is 1. The Morgan fingerprint density at radius 3 is 2.85 bits per heavy atom. The topological polar surface area (TPSA) is 60.8 Å². The van der Waals surface area contributed by atoms with E-state index in [0.29, 0.717) is 22.4 Å². The first-order valence-corrected chi connectivity index (χ1v) is 10.2. The average molecular weight is 478 g/mol. The van der Waals surface area contributed by atoms with E-state index in [9.17, 15) is 9.59 Å². The summed E-state index contributed by atoms with van der Waals surface area (Å²) < 4.78 is 14.6. The summed E-state index contributed by atoms with van der Waals surface area (Å²) in [5, 5.41) is 0. The van der Waals surface area contributed by atoms with E-state index in [2.05, 4.69) is 22.6 Å². The fraction of sp³-hybridized carbons (Fsp3) is 0.400. The molecule has 7 heteroatoms. The molecule has 1 fully saturated rings. The summed E-state index contributed by atoms with van der Waals surface area (Å²) in [6.07, 6.45) is 1.62. The predicted octanol–water partition coefficient (Wildman–Crippen LogP) is 2.72. The molecule has 1 amide bonds. The Hall–Kier alpha value is -1.87. The molecule has 1 saturated heterocycles. The number of halogens is 1. The molecule has 0 saturated carbocycles. The fourth-order valence-corrected chi connectivity index (χ4v) is 5.36. The smallest absolute Gasteiger partial charge is 0.276 e. The van der Waals surface area contributed by atoms with Crippen LogP contribution < -0.4 is 10.2 Å². The molecule has 3 aliphatic heterocycles. The van der Waals surface area contributed by atoms with E-state index in [-0.39, 0.29) is 29.7 Å². The highest BCUT2D eigenvalue weighted by Crippen LogP contribution is 2.48. The number of nitrogens with zero attached hydrogens (tertiary/aromatic N) is 2. The van der Waals surface area contributed by atoms with Crippen LogP contribution in [0.4, 0.5) is 0 Å². The number of ether oxygens (including phenoxy) is 2. The molecule has 0 bridgehead atoms. The van der Waals surface area contributed by atoms with Crippen LogP contribution in [-0.4, -0.2) is 34.3 Å². The number of carbonyl (C=O) groups is 1. The van der Waals surface area contributed by atoms with Gasteiger partial charge in [-0.2, -0.15) is 0 Å². The number of carbonyl (C=O) groups excluding carboxylic acids is 1. The molecule has 3 aliphatic rings. The largest absolute Gasteiger partial charge is 0.483 e. The number of fused-ring (bicyclic) bond motifs is 2. The lowest BCUT2D eigenvalue weighted by Gasteiger charge is -2.44. The van der Waals surface area contributed by atoms with Gasteiger partial charge in [-0.05, 0) is 47.9 Å². The number of rotatable bonds is 3. The lowest BCUT2D eigenvalue weighted by atomic mass is 9.98. The zero-order valence-corrected chi connectivity index (χ0v) is 17.1. The van der Waals surface area contributed by atoms with Crippen LogP contribution >= 0.6 is 22.6 Å². The number of hydrogen-bond acceptors (Lipinski definition) is 4. The monoisotopic (exact) mass is 478 g/mol. The zero-order chi connectivity index (χ0) is 18.8. The van der Waals surface area contributed by atoms with Gasteiger partial charge < -0.3 is 18.9 Å². The average Bonchev–Trinajstić information content (AvgIpc) is 3.28. The second-order valence-electron chi connectivity index (χ2n) is 7.33. The number of aromatic nitrogens is 1. The van der Waals surface area contributed by atoms with Gasteiger partial charge in [0.1, 0.15) is 6.61 Å². The van der Waals surface area contributed by atoms with Crippen LogP contribution in [0, 0.1) is 3.57 Å². The van der Waals surface area contributed by atoms with Gasteiger partial charge in [-0.25, -0.2) is 0 Å². The highest BCUT2D eigenvalue weighted by Gasteiger charge is 2.56. The Bertz CT molecular complexity index is 1000. The van der Waals surface area contributed by atoms with E-state index in [1.54, 1.807) is 4.90 Å². The van der Waals surface area contributed by atoms with Gasteiger partial charge in [0.05, 0.1) is 16.2 Å². The van der Waals surface area contributed by atoms with E-state index in [0.717, 1.165) is 24.1 Å². The standard InChI is InChI=1S/C20H19IN2O4/c1-20-14-8-7-13-15(21)17(24)18(26-11-12-5-3-2-4-6-12)16(23(13)14)19(25)22(20)9-10-27-20/h2-6,14H,7-11H2,1H3. The third-order valence-electron chi connectivity index (χ3n) is 5.91. The molecule has 0 aliphatic carbocycles. The van der Waals surface area contributed by atoms with Gasteiger partial charge >= 0.3 is 0 Å². The van der Waals surface area contributed by atoms with Crippen LogP contribution in [0.25, 0.3) is 0 Å². The van der Waals surface area contributed by atoms with E-state index < -0.39 is 5.72 Å². The Labute approximate surface area is 170 Å². The molecule has 2 unspecified atom stereocenters. The van der Waals surface area contributed by atoms with Crippen molar-refractivity contribution >= 4 is 28.5 Å². The van der Waals surface area contributed by atoms with Gasteiger partial charge in [-0.1, -0.05) is 30.3 Å². The van der Waals surface area contributed by atoms with Crippen LogP contribution in [0.15, 0.2) is 35.1 Å². The lowest BCUT2D eigenvalue weighted by Crippen LogP contribution is -2.56. The summed E-state index contributed by atoms with van der Waals surface area (Å²) in [6.45, 7) is 3.30. The SMILES string of the molecule is CC12OCCN1C(=O)c1c(OCc3ccccc3)c(=O)c(I)c3n1C2CC3. The van der Waals surface area contributed by atoms with Gasteiger partial charge in [0, 0.05) is 12.2 Å². The molecule has 0 radical (unpaired) electrons. The van der Waals surface area contributed by atoms with Crippen molar-refractivity contribution in [1.29, 1.82) is 0 Å². The van der Waals surface area contributed by atoms with Crippen molar-refractivity contribution in [3.63, 3.8) is 0 Å². The molecular weight excluding hydrogens is 459 g/mol. The van der Waals surface area contributed by atoms with Crippen molar-refractivity contribution in [3.8, 4) is 5.75 Å². The first-order chi connectivity index (χ1) is 13.0. The Kier molecular flexibility index (Phi) is 3.87. The minimum Gasteiger partial charge on any atom is -0.483 e. The maximum absolute atomic E-state index is 13.3. The highest BCUT2D eigenvalue weighted by atomic mass is 127. The maximum Gasteiger partial charge on any atom is 0.276 e. The van der Waals surface area contributed by atoms with Gasteiger partial charge in [0.15, 0.2) is 17.2 Å². The summed E-state index contributed by atoms with van der Waals surface area (Å²) >= 11 is 2.09. The van der Waals surface area contributed by atoms with Crippen LogP contribution in [-0.2, 0) is 17.8 Å². The van der Waals surface area contributed by atoms with Gasteiger partial charge in [0.25, 0.3) is 5.91 Å². The summed E-state index contributed by atoms with van der Waals surface area (Å²) in [4.78, 5) is 28.1. The second-order valence-corrected chi connectivity index (χ2v) is 8.40. The first-order valence-electron chi connectivity index (χ1n) is 9.12. The molecule has 0 spiro atoms. The summed E-state index contributed by atoms with van der Waals surface area (Å²) in [7, 11) is 0. The maximum atomic E-state index is 13.3. The molecule has 140 valence electrons. The molecule has 6 nitrogen and oxygen atoms in total. The molecule has 2 atom stereocenters. The van der Waals surface area contributed by atoms with Crippen LogP contribution in [0.5, 0.6) is 5.75 Å². The quantitative estimate of drug-likeness (QED) is 0.637. The lowest BCUT2D eigenvalue weighted by molar-refractivity contribution is -0.0975. The van der Waals surface area contributed by atoms with Crippen LogP contribution in [0.2, 0.25) is 0 Å². The Morgan fingerprint density at radius 1 is 1.30 bits per heavy atom. The normalized spacial score (nSPS) is 25.5. The molecule has 0 N–H and O–H groups in total. The predicted molar refractivity (Wildman–Crippen MR) is 107 cm³/mol. The second kappa shape index (κ2) is 6.07. The summed E-state index contributed by atoms with van der Waals surface area (Å²) in [5.74, 6) is -0.0104. The minimum absolute atomic E-state index is 0.0101. The molecular formula is C20H19IN2O4. The fourth-order valence-electron chi connectivity index (χ4n) is 4.59. The van der Waals surface area contributed by atoms with Gasteiger partial charge in [-0.15, -0.1) is 0 Å². The molecule has 4 heterocycles. The number of benzene rings is 1. The van der Waals surface area contributed by atoms with Crippen molar-refractivity contribution in [1.82, 2.24) is 9.47 Å². The van der Waals surface area contributed by atoms with E-state index in [1.807, 2.05) is 41.8 Å². The van der Waals surface area contributed by atoms with Crippen molar-refractivity contribution in [2.75, 3.05) is 13.2 Å². The molecule has 5 rings (SSSR count). The Balaban J connectivity index is 1.66. The summed E-state index contributed by atoms with van der Waals surface area (Å²) in [5.41, 5.74) is 1.43. The van der Waals surface area contributed by atoms with E-state index >= 15 is 0 Å². The zero-order valence-electron chi connectivity index (χ0n) is 14.9. The van der Waals surface area contributed by atoms with Crippen molar-refractivity contribution < 1.29 is 14.3 Å². The van der Waals surface area contributed by atoms with Crippen molar-refractivity contribution in [2.24, 2.45) is 0 Å². The van der Waals surface area contributed by atoms with Crippen LogP contribution in [0.3, 0.4) is 0 Å². The van der Waals surface area contributed by atoms with Crippen LogP contribution in [0.1, 0.15) is 41.1 Å². The van der Waals surface area contributed by atoms with E-state index in [4.69, 9.17) is 9.47 Å². The third kappa shape index (κ3) is 2.34. The van der Waals surface area contributed by atoms with E-state index in [1.165, 1.54) is 0 Å². The van der Waals surface area contributed by atoms with Crippen molar-refractivity contribution in [2.45, 2.75) is 38.1 Å². The first kappa shape index (κ1) is 17.2. The van der Waals surface area contributed by atoms with Gasteiger partial charge in [0.2, 0.25) is 5.43 Å². The van der Waals surface area contributed by atoms with Crippen molar-refractivity contribution in [3.05, 3.63) is 61.1 Å². The molecule has 2 aromatic rings. The highest BCUT2D eigenvalue weighted by molar-refractivity contribution is 14.1. The van der Waals surface area contributed by atoms with Gasteiger partial charge in [-0.3, -0.25) is 9.59 Å². The molecule has 1 aromatic heterocycles. The summed E-state index contributed by atoms with van der Waals surface area (Å²) in [6, 6.07) is 9.68. The minimum atomic E-state index is -0.649. The third-order valence-corrected chi connectivity index (χ3v) is 7.02. The molecule has 1 aromatic carbocycles. The molecule has 27 heavy (non-hydrogen) atoms. The Morgan fingerprint density at radius 2 is 2.07 bits per heavy atom. The number of hydrogen-bond donors (Lipinski definition) is 0. The number of amides is 1.